The maximum atomic E-state index is 12.2. The van der Waals surface area contributed by atoms with Crippen molar-refractivity contribution in [3.63, 3.8) is 0 Å². The molecule has 21 heavy (non-hydrogen) atoms. The van der Waals surface area contributed by atoms with Crippen LogP contribution in [0.4, 0.5) is 0 Å². The molecule has 110 valence electrons. The Kier molecular flexibility index (Phi) is 4.86. The second kappa shape index (κ2) is 6.46. The summed E-state index contributed by atoms with van der Waals surface area (Å²) >= 11 is 11.8. The highest BCUT2D eigenvalue weighted by Crippen LogP contribution is 2.23. The number of halogens is 2. The summed E-state index contributed by atoms with van der Waals surface area (Å²) < 4.78 is 1.92. The molecule has 0 aliphatic heterocycles. The summed E-state index contributed by atoms with van der Waals surface area (Å²) in [5, 5.41) is 5.24. The molecule has 1 heterocycles. The van der Waals surface area contributed by atoms with Crippen LogP contribution in [0.5, 0.6) is 0 Å². The molecule has 0 unspecified atom stereocenters. The molecule has 0 bridgehead atoms. The molecule has 0 atom stereocenters. The minimum Gasteiger partial charge on any atom is -0.289 e. The zero-order chi connectivity index (χ0) is 15.6. The van der Waals surface area contributed by atoms with Gasteiger partial charge in [0.05, 0.1) is 15.7 Å². The van der Waals surface area contributed by atoms with Gasteiger partial charge in [-0.25, -0.2) is 0 Å². The number of benzene rings is 1. The van der Waals surface area contributed by atoms with Crippen LogP contribution in [-0.4, -0.2) is 15.6 Å². The van der Waals surface area contributed by atoms with Crippen LogP contribution in [0.2, 0.25) is 10.0 Å². The Morgan fingerprint density at radius 1 is 1.29 bits per heavy atom. The van der Waals surface area contributed by atoms with Crippen LogP contribution < -0.4 is 0 Å². The van der Waals surface area contributed by atoms with Crippen molar-refractivity contribution in [2.75, 3.05) is 0 Å². The number of aromatic nitrogens is 2. The summed E-state index contributed by atoms with van der Waals surface area (Å²) in [7, 11) is 0. The van der Waals surface area contributed by atoms with Crippen molar-refractivity contribution in [2.45, 2.75) is 27.3 Å². The fourth-order valence-corrected chi connectivity index (χ4v) is 2.46. The van der Waals surface area contributed by atoms with Crippen molar-refractivity contribution in [3.05, 3.63) is 56.8 Å². The topological polar surface area (TPSA) is 34.9 Å². The summed E-state index contributed by atoms with van der Waals surface area (Å²) in [6, 6.07) is 4.86. The molecule has 0 fully saturated rings. The first kappa shape index (κ1) is 15.8. The van der Waals surface area contributed by atoms with E-state index >= 15 is 0 Å². The summed E-state index contributed by atoms with van der Waals surface area (Å²) in [6.45, 7) is 6.77. The number of nitrogens with zero attached hydrogens (tertiary/aromatic N) is 2. The van der Waals surface area contributed by atoms with Crippen LogP contribution in [0, 0.1) is 13.8 Å². The first-order valence-electron chi connectivity index (χ1n) is 6.65. The van der Waals surface area contributed by atoms with Gasteiger partial charge >= 0.3 is 0 Å². The molecular formula is C16H16Cl2N2O. The van der Waals surface area contributed by atoms with Crippen LogP contribution in [0.1, 0.15) is 34.2 Å². The number of allylic oxidation sites excluding steroid dienone is 1. The van der Waals surface area contributed by atoms with E-state index in [0.29, 0.717) is 15.6 Å². The van der Waals surface area contributed by atoms with Gasteiger partial charge < -0.3 is 0 Å². The zero-order valence-corrected chi connectivity index (χ0v) is 13.7. The van der Waals surface area contributed by atoms with Gasteiger partial charge in [0.2, 0.25) is 0 Å². The van der Waals surface area contributed by atoms with E-state index < -0.39 is 0 Å². The molecule has 0 saturated heterocycles. The van der Waals surface area contributed by atoms with Crippen molar-refractivity contribution >= 4 is 35.1 Å². The Hall–Kier alpha value is -1.58. The summed E-state index contributed by atoms with van der Waals surface area (Å²) in [6.07, 6.45) is 3.34. The number of aryl methyl sites for hydroxylation is 2. The largest absolute Gasteiger partial charge is 0.289 e. The standard InChI is InChI=1S/C16H16Cl2N2O/c1-4-20-11(3)13(10(2)19-20)6-8-16(21)12-5-7-14(17)15(18)9-12/h5-9H,4H2,1-3H3/b8-6-. The maximum Gasteiger partial charge on any atom is 0.185 e. The highest BCUT2D eigenvalue weighted by molar-refractivity contribution is 6.42. The summed E-state index contributed by atoms with van der Waals surface area (Å²) in [5.41, 5.74) is 3.45. The molecule has 0 aliphatic carbocycles. The molecule has 2 rings (SSSR count). The number of carbonyl (C=O) groups is 1. The average Bonchev–Trinajstić information content (AvgIpc) is 2.73. The van der Waals surface area contributed by atoms with Crippen molar-refractivity contribution in [1.29, 1.82) is 0 Å². The van der Waals surface area contributed by atoms with Crippen LogP contribution in [0.15, 0.2) is 24.3 Å². The van der Waals surface area contributed by atoms with Gasteiger partial charge in [-0.05, 0) is 51.1 Å². The Morgan fingerprint density at radius 3 is 2.57 bits per heavy atom. The molecule has 1 aromatic carbocycles. The molecule has 0 aliphatic rings. The normalized spacial score (nSPS) is 11.3. The lowest BCUT2D eigenvalue weighted by molar-refractivity contribution is 0.104. The van der Waals surface area contributed by atoms with Gasteiger partial charge in [0.15, 0.2) is 5.78 Å². The van der Waals surface area contributed by atoms with Crippen LogP contribution in [0.25, 0.3) is 6.08 Å². The second-order valence-electron chi connectivity index (χ2n) is 4.73. The van der Waals surface area contributed by atoms with Crippen LogP contribution in [0.3, 0.4) is 0 Å². The van der Waals surface area contributed by atoms with Gasteiger partial charge in [0.1, 0.15) is 0 Å². The number of hydrogen-bond donors (Lipinski definition) is 0. The molecular weight excluding hydrogens is 307 g/mol. The zero-order valence-electron chi connectivity index (χ0n) is 12.2. The van der Waals surface area contributed by atoms with E-state index in [1.165, 1.54) is 6.08 Å². The van der Waals surface area contributed by atoms with E-state index in [2.05, 4.69) is 5.10 Å². The summed E-state index contributed by atoms with van der Waals surface area (Å²) in [4.78, 5) is 12.2. The lowest BCUT2D eigenvalue weighted by Gasteiger charge is -2.00. The first-order chi connectivity index (χ1) is 9.93. The third-order valence-electron chi connectivity index (χ3n) is 3.34. The van der Waals surface area contributed by atoms with Crippen molar-refractivity contribution < 1.29 is 4.79 Å². The third-order valence-corrected chi connectivity index (χ3v) is 4.08. The predicted octanol–water partition coefficient (Wildman–Crippen LogP) is 4.72. The Balaban J connectivity index is 2.26. The Morgan fingerprint density at radius 2 is 2.00 bits per heavy atom. The smallest absolute Gasteiger partial charge is 0.185 e. The SMILES string of the molecule is CCn1nc(C)c(/C=C\C(=O)c2ccc(Cl)c(Cl)c2)c1C. The number of rotatable bonds is 4. The van der Waals surface area contributed by atoms with Crippen LogP contribution >= 0.6 is 23.2 Å². The first-order valence-corrected chi connectivity index (χ1v) is 7.41. The second-order valence-corrected chi connectivity index (χ2v) is 5.54. The Labute approximate surface area is 134 Å². The van der Waals surface area contributed by atoms with E-state index in [1.54, 1.807) is 24.3 Å². The molecule has 0 N–H and O–H groups in total. The molecule has 0 amide bonds. The number of hydrogen-bond acceptors (Lipinski definition) is 2. The van der Waals surface area contributed by atoms with Gasteiger partial charge in [0.25, 0.3) is 0 Å². The van der Waals surface area contributed by atoms with Gasteiger partial charge in [-0.15, -0.1) is 0 Å². The van der Waals surface area contributed by atoms with E-state index in [0.717, 1.165) is 23.5 Å². The van der Waals surface area contributed by atoms with Gasteiger partial charge in [-0.2, -0.15) is 5.10 Å². The number of carbonyl (C=O) groups excluding carboxylic acids is 1. The van der Waals surface area contributed by atoms with E-state index in [1.807, 2.05) is 25.5 Å². The monoisotopic (exact) mass is 322 g/mol. The van der Waals surface area contributed by atoms with Gasteiger partial charge in [0, 0.05) is 23.4 Å². The molecule has 2 aromatic rings. The van der Waals surface area contributed by atoms with Crippen LogP contribution in [-0.2, 0) is 6.54 Å². The number of ketones is 1. The highest BCUT2D eigenvalue weighted by atomic mass is 35.5. The minimum atomic E-state index is -0.114. The Bertz CT molecular complexity index is 717. The molecule has 0 spiro atoms. The molecule has 1 aromatic heterocycles. The highest BCUT2D eigenvalue weighted by Gasteiger charge is 2.09. The molecule has 0 radical (unpaired) electrons. The fraction of sp³-hybridized carbons (Fsp3) is 0.250. The summed E-state index contributed by atoms with van der Waals surface area (Å²) in [5.74, 6) is -0.114. The average molecular weight is 323 g/mol. The van der Waals surface area contributed by atoms with Crippen molar-refractivity contribution in [3.8, 4) is 0 Å². The van der Waals surface area contributed by atoms with Crippen molar-refractivity contribution in [1.82, 2.24) is 9.78 Å². The third kappa shape index (κ3) is 3.36. The molecule has 3 nitrogen and oxygen atoms in total. The lowest BCUT2D eigenvalue weighted by atomic mass is 10.1. The maximum absolute atomic E-state index is 12.2. The molecule has 5 heteroatoms. The van der Waals surface area contributed by atoms with Crippen molar-refractivity contribution in [2.24, 2.45) is 0 Å². The van der Waals surface area contributed by atoms with Gasteiger partial charge in [-0.3, -0.25) is 9.48 Å². The quantitative estimate of drug-likeness (QED) is 0.602. The van der Waals surface area contributed by atoms with Gasteiger partial charge in [-0.1, -0.05) is 23.2 Å². The van der Waals surface area contributed by atoms with E-state index in [-0.39, 0.29) is 5.78 Å². The van der Waals surface area contributed by atoms with E-state index in [4.69, 9.17) is 23.2 Å². The van der Waals surface area contributed by atoms with E-state index in [9.17, 15) is 4.79 Å². The lowest BCUT2D eigenvalue weighted by Crippen LogP contribution is -1.98. The predicted molar refractivity (Wildman–Crippen MR) is 87.2 cm³/mol. The molecule has 0 saturated carbocycles. The fourth-order valence-electron chi connectivity index (χ4n) is 2.16. The minimum absolute atomic E-state index is 0.114.